The van der Waals surface area contributed by atoms with Gasteiger partial charge in [0, 0.05) is 30.9 Å². The first-order valence-corrected chi connectivity index (χ1v) is 10.00. The van der Waals surface area contributed by atoms with Crippen LogP contribution in [0.15, 0.2) is 24.3 Å². The first-order valence-electron chi connectivity index (χ1n) is 10.00. The highest BCUT2D eigenvalue weighted by atomic mass is 16.3. The molecule has 1 aliphatic carbocycles. The van der Waals surface area contributed by atoms with Gasteiger partial charge in [-0.1, -0.05) is 0 Å². The number of amidine groups is 1. The molecule has 3 rings (SSSR count). The zero-order chi connectivity index (χ0) is 23.4. The van der Waals surface area contributed by atoms with Crippen molar-refractivity contribution in [3.05, 3.63) is 46.5 Å². The third-order valence-electron chi connectivity index (χ3n) is 5.00. The molecule has 0 radical (unpaired) electrons. The standard InChI is InChI=1S/C21H25N7O4/c22-14(23)2-1-7-26-10-3-5-12(29)17-15(10)19(31)18-13(30)6-4-11(16(18)20(17)32)27-8-9-28-21(24)25/h3-6,26-27,29-30H,1-2,7-9H2,(H3,22,23)(H4,24,25,28)/p+2. The predicted molar refractivity (Wildman–Crippen MR) is 120 cm³/mol. The summed E-state index contributed by atoms with van der Waals surface area (Å²) in [6, 6.07) is 5.69. The van der Waals surface area contributed by atoms with Gasteiger partial charge >= 0.3 is 5.96 Å². The fraction of sp³-hybridized carbons (Fsp3) is 0.238. The maximum atomic E-state index is 13.4. The Morgan fingerprint density at radius 1 is 0.844 bits per heavy atom. The Kier molecular flexibility index (Phi) is 6.47. The quantitative estimate of drug-likeness (QED) is 0.0712. The summed E-state index contributed by atoms with van der Waals surface area (Å²) >= 11 is 0. The zero-order valence-electron chi connectivity index (χ0n) is 17.4. The highest BCUT2D eigenvalue weighted by Crippen LogP contribution is 2.42. The number of hydrogen-bond acceptors (Lipinski definition) is 6. The molecule has 11 heteroatoms. The van der Waals surface area contributed by atoms with Crippen molar-refractivity contribution in [1.82, 2.24) is 0 Å². The molecule has 2 aromatic rings. The minimum absolute atomic E-state index is 0.00632. The topological polar surface area (TPSA) is 216 Å². The van der Waals surface area contributed by atoms with E-state index in [0.29, 0.717) is 49.7 Å². The number of phenols is 2. The maximum Gasteiger partial charge on any atom is 0.338 e. The highest BCUT2D eigenvalue weighted by Gasteiger charge is 2.37. The van der Waals surface area contributed by atoms with Crippen LogP contribution in [0.2, 0.25) is 0 Å². The maximum absolute atomic E-state index is 13.4. The fourth-order valence-corrected chi connectivity index (χ4v) is 3.58. The van der Waals surface area contributed by atoms with Gasteiger partial charge in [0.05, 0.1) is 28.8 Å². The van der Waals surface area contributed by atoms with Gasteiger partial charge in [-0.15, -0.1) is 0 Å². The van der Waals surface area contributed by atoms with Crippen molar-refractivity contribution in [1.29, 1.82) is 0 Å². The molecule has 0 saturated heterocycles. The normalized spacial score (nSPS) is 12.0. The van der Waals surface area contributed by atoms with E-state index in [4.69, 9.17) is 22.6 Å². The molecule has 32 heavy (non-hydrogen) atoms. The van der Waals surface area contributed by atoms with E-state index < -0.39 is 11.6 Å². The second kappa shape index (κ2) is 9.25. The Labute approximate surface area is 183 Å². The molecular formula is C21H27N7O4+2. The van der Waals surface area contributed by atoms with E-state index in [-0.39, 0.29) is 39.7 Å². The number of aromatic hydroxyl groups is 2. The second-order valence-corrected chi connectivity index (χ2v) is 7.34. The molecule has 13 N–H and O–H groups in total. The number of hydrogen-bond donors (Lipinski definition) is 9. The Bertz CT molecular complexity index is 1120. The lowest BCUT2D eigenvalue weighted by atomic mass is 9.81. The van der Waals surface area contributed by atoms with Crippen LogP contribution in [0.25, 0.3) is 0 Å². The van der Waals surface area contributed by atoms with Crippen molar-refractivity contribution in [3.8, 4) is 11.5 Å². The Morgan fingerprint density at radius 3 is 1.81 bits per heavy atom. The zero-order valence-corrected chi connectivity index (χ0v) is 17.4. The monoisotopic (exact) mass is 441 g/mol. The molecule has 0 saturated carbocycles. The summed E-state index contributed by atoms with van der Waals surface area (Å²) in [6.07, 6.45) is 1.09. The van der Waals surface area contributed by atoms with Crippen LogP contribution in [-0.4, -0.2) is 53.2 Å². The summed E-state index contributed by atoms with van der Waals surface area (Å²) in [4.78, 5) is 29.5. The van der Waals surface area contributed by atoms with Gasteiger partial charge in [0.25, 0.3) is 0 Å². The summed E-state index contributed by atoms with van der Waals surface area (Å²) in [5, 5.41) is 32.4. The Hall–Kier alpha value is -4.28. The van der Waals surface area contributed by atoms with E-state index in [0.717, 1.165) is 0 Å². The number of nitrogens with two attached hydrogens (primary N) is 4. The molecule has 0 atom stereocenters. The third kappa shape index (κ3) is 4.41. The number of ketones is 2. The molecule has 1 aliphatic rings. The van der Waals surface area contributed by atoms with E-state index in [9.17, 15) is 19.8 Å². The average Bonchev–Trinajstić information content (AvgIpc) is 2.73. The highest BCUT2D eigenvalue weighted by molar-refractivity contribution is 6.33. The summed E-state index contributed by atoms with van der Waals surface area (Å²) in [6.45, 7) is 1.13. The van der Waals surface area contributed by atoms with Gasteiger partial charge in [0.15, 0.2) is 0 Å². The van der Waals surface area contributed by atoms with Gasteiger partial charge in [-0.3, -0.25) is 37.2 Å². The van der Waals surface area contributed by atoms with Crippen LogP contribution in [0, 0.1) is 0 Å². The largest absolute Gasteiger partial charge is 0.507 e. The first-order chi connectivity index (χ1) is 15.2. The molecular weight excluding hydrogens is 414 g/mol. The van der Waals surface area contributed by atoms with Crippen molar-refractivity contribution in [2.24, 2.45) is 17.2 Å². The van der Waals surface area contributed by atoms with Crippen LogP contribution in [0.5, 0.6) is 11.5 Å². The Balaban J connectivity index is 1.99. The molecule has 0 aliphatic heterocycles. The molecule has 0 aromatic heterocycles. The van der Waals surface area contributed by atoms with Crippen molar-refractivity contribution < 1.29 is 30.2 Å². The molecule has 0 spiro atoms. The number of rotatable bonds is 9. The lowest BCUT2D eigenvalue weighted by Crippen LogP contribution is -2.79. The van der Waals surface area contributed by atoms with E-state index in [1.165, 1.54) is 24.3 Å². The smallest absolute Gasteiger partial charge is 0.338 e. The molecule has 0 heterocycles. The molecule has 0 fully saturated rings. The number of carbonyl (C=O) groups is 2. The first kappa shape index (κ1) is 22.4. The van der Waals surface area contributed by atoms with Gasteiger partial charge in [0.2, 0.25) is 17.4 Å². The van der Waals surface area contributed by atoms with Crippen molar-refractivity contribution in [2.45, 2.75) is 12.8 Å². The van der Waals surface area contributed by atoms with Crippen LogP contribution in [0.4, 0.5) is 11.4 Å². The van der Waals surface area contributed by atoms with E-state index in [1.807, 2.05) is 0 Å². The summed E-state index contributed by atoms with van der Waals surface area (Å²) in [5.74, 6) is -1.45. The van der Waals surface area contributed by atoms with Crippen LogP contribution in [-0.2, 0) is 0 Å². The number of guanidine groups is 1. The van der Waals surface area contributed by atoms with Crippen molar-refractivity contribution in [2.75, 3.05) is 30.3 Å². The number of carbonyl (C=O) groups excluding carboxylic acids is 2. The second-order valence-electron chi connectivity index (χ2n) is 7.34. The van der Waals surface area contributed by atoms with Crippen LogP contribution < -0.4 is 38.2 Å². The average molecular weight is 441 g/mol. The molecule has 0 amide bonds. The number of fused-ring (bicyclic) bond motifs is 2. The summed E-state index contributed by atoms with van der Waals surface area (Å²) in [7, 11) is 0. The van der Waals surface area contributed by atoms with Crippen LogP contribution in [0.1, 0.15) is 44.7 Å². The van der Waals surface area contributed by atoms with Gasteiger partial charge in [-0.05, 0) is 30.7 Å². The van der Waals surface area contributed by atoms with E-state index in [2.05, 4.69) is 15.6 Å². The van der Waals surface area contributed by atoms with E-state index in [1.54, 1.807) is 0 Å². The third-order valence-corrected chi connectivity index (χ3v) is 5.00. The van der Waals surface area contributed by atoms with Crippen LogP contribution in [0.3, 0.4) is 0 Å². The molecule has 11 nitrogen and oxygen atoms in total. The summed E-state index contributed by atoms with van der Waals surface area (Å²) in [5.41, 5.74) is 16.6. The van der Waals surface area contributed by atoms with Gasteiger partial charge in [0.1, 0.15) is 11.5 Å². The molecule has 0 unspecified atom stereocenters. The minimum atomic E-state index is -0.577. The number of nitrogens with one attached hydrogen (secondary N) is 3. The van der Waals surface area contributed by atoms with Gasteiger partial charge < -0.3 is 20.8 Å². The fourth-order valence-electron chi connectivity index (χ4n) is 3.58. The number of phenolic OH excluding ortho intramolecular Hbond substituents is 2. The molecule has 168 valence electrons. The summed E-state index contributed by atoms with van der Waals surface area (Å²) < 4.78 is 0. The lowest BCUT2D eigenvalue weighted by Gasteiger charge is -2.24. The van der Waals surface area contributed by atoms with E-state index >= 15 is 0 Å². The van der Waals surface area contributed by atoms with Gasteiger partial charge in [-0.2, -0.15) is 0 Å². The van der Waals surface area contributed by atoms with Crippen LogP contribution >= 0.6 is 0 Å². The van der Waals surface area contributed by atoms with Gasteiger partial charge in [-0.25, -0.2) is 0 Å². The Morgan fingerprint density at radius 2 is 1.34 bits per heavy atom. The van der Waals surface area contributed by atoms with Crippen molar-refractivity contribution in [3.63, 3.8) is 0 Å². The minimum Gasteiger partial charge on any atom is -0.507 e. The predicted octanol–water partition coefficient (Wildman–Crippen LogP) is -3.05. The number of anilines is 2. The van der Waals surface area contributed by atoms with Crippen molar-refractivity contribution >= 4 is 34.7 Å². The SMILES string of the molecule is NC(=[NH2+])CCCNc1ccc(O)c2c1C(=O)c1c(O)ccc(NCC[NH+]=C(N)N)c1C2=O. The lowest BCUT2D eigenvalue weighted by molar-refractivity contribution is -0.455. The molecule has 2 aromatic carbocycles. The number of benzene rings is 2. The molecule has 0 bridgehead atoms.